The number of aromatic nitrogens is 1. The lowest BCUT2D eigenvalue weighted by Gasteiger charge is -2.31. The highest BCUT2D eigenvalue weighted by molar-refractivity contribution is 7.13. The maximum atomic E-state index is 13.9. The van der Waals surface area contributed by atoms with Crippen molar-refractivity contribution in [3.05, 3.63) is 52.8 Å². The molecule has 138 valence electrons. The van der Waals surface area contributed by atoms with E-state index in [0.29, 0.717) is 16.3 Å². The minimum atomic E-state index is -0.322. The second-order valence-corrected chi connectivity index (χ2v) is 7.71. The fourth-order valence-electron chi connectivity index (χ4n) is 2.97. The average molecular weight is 373 g/mol. The van der Waals surface area contributed by atoms with E-state index in [9.17, 15) is 9.18 Å². The van der Waals surface area contributed by atoms with Crippen LogP contribution in [0.2, 0.25) is 0 Å². The Morgan fingerprint density at radius 1 is 1.35 bits per heavy atom. The lowest BCUT2D eigenvalue weighted by atomic mass is 10.0. The van der Waals surface area contributed by atoms with Gasteiger partial charge in [-0.25, -0.2) is 9.37 Å². The molecular formula is C20H24FN3OS. The van der Waals surface area contributed by atoms with Gasteiger partial charge in [0.2, 0.25) is 0 Å². The highest BCUT2D eigenvalue weighted by Crippen LogP contribution is 2.26. The largest absolute Gasteiger partial charge is 0.348 e. The van der Waals surface area contributed by atoms with Crippen LogP contribution < -0.4 is 5.32 Å². The molecule has 3 rings (SSSR count). The second-order valence-electron chi connectivity index (χ2n) is 6.85. The van der Waals surface area contributed by atoms with Crippen molar-refractivity contribution in [2.24, 2.45) is 0 Å². The number of carbonyl (C=O) groups is 1. The van der Waals surface area contributed by atoms with Crippen LogP contribution in [0.5, 0.6) is 0 Å². The monoisotopic (exact) mass is 373 g/mol. The molecule has 0 spiro atoms. The molecule has 1 N–H and O–H groups in total. The van der Waals surface area contributed by atoms with Crippen molar-refractivity contribution < 1.29 is 9.18 Å². The number of rotatable bonds is 5. The molecule has 26 heavy (non-hydrogen) atoms. The molecule has 0 unspecified atom stereocenters. The Kier molecular flexibility index (Phi) is 6.16. The Bertz CT molecular complexity index is 790. The topological polar surface area (TPSA) is 45.2 Å². The van der Waals surface area contributed by atoms with Crippen LogP contribution in [0.3, 0.4) is 0 Å². The number of likely N-dealkylation sites (tertiary alicyclic amines) is 1. The summed E-state index contributed by atoms with van der Waals surface area (Å²) in [6, 6.07) is 6.66. The van der Waals surface area contributed by atoms with Gasteiger partial charge >= 0.3 is 0 Å². The molecule has 2 heterocycles. The molecule has 2 aromatic rings. The normalized spacial score (nSPS) is 15.7. The van der Waals surface area contributed by atoms with Crippen LogP contribution in [0.1, 0.15) is 37.2 Å². The number of carbonyl (C=O) groups excluding carboxylic acids is 1. The third-order valence-corrected chi connectivity index (χ3v) is 5.40. The average Bonchev–Trinajstić information content (AvgIpc) is 3.11. The number of halogens is 1. The van der Waals surface area contributed by atoms with E-state index in [-0.39, 0.29) is 17.8 Å². The predicted molar refractivity (Wildman–Crippen MR) is 104 cm³/mol. The highest BCUT2D eigenvalue weighted by Gasteiger charge is 2.22. The maximum Gasteiger partial charge on any atom is 0.270 e. The lowest BCUT2D eigenvalue weighted by Crippen LogP contribution is -2.44. The minimum Gasteiger partial charge on any atom is -0.348 e. The highest BCUT2D eigenvalue weighted by atomic mass is 32.1. The number of allylic oxidation sites excluding steroid dienone is 1. The van der Waals surface area contributed by atoms with E-state index in [0.717, 1.165) is 32.5 Å². The van der Waals surface area contributed by atoms with E-state index in [4.69, 9.17) is 0 Å². The first kappa shape index (κ1) is 18.7. The Balaban J connectivity index is 1.55. The second kappa shape index (κ2) is 8.56. The first-order chi connectivity index (χ1) is 12.5. The van der Waals surface area contributed by atoms with E-state index in [1.807, 2.05) is 0 Å². The van der Waals surface area contributed by atoms with E-state index in [1.165, 1.54) is 23.0 Å². The number of nitrogens with one attached hydrogen (secondary N) is 1. The third-order valence-electron chi connectivity index (χ3n) is 4.52. The number of hydrogen-bond donors (Lipinski definition) is 1. The van der Waals surface area contributed by atoms with Crippen molar-refractivity contribution in [3.63, 3.8) is 0 Å². The molecule has 6 heteroatoms. The summed E-state index contributed by atoms with van der Waals surface area (Å²) in [5.41, 5.74) is 2.12. The Labute approximate surface area is 157 Å². The summed E-state index contributed by atoms with van der Waals surface area (Å²) < 4.78 is 13.9. The van der Waals surface area contributed by atoms with Crippen molar-refractivity contribution in [2.45, 2.75) is 32.7 Å². The Morgan fingerprint density at radius 2 is 2.08 bits per heavy atom. The molecule has 0 radical (unpaired) electrons. The third kappa shape index (κ3) is 4.77. The Hall–Kier alpha value is -2.05. The molecule has 0 bridgehead atoms. The summed E-state index contributed by atoms with van der Waals surface area (Å²) >= 11 is 1.29. The summed E-state index contributed by atoms with van der Waals surface area (Å²) in [5, 5.41) is 5.30. The van der Waals surface area contributed by atoms with Gasteiger partial charge in [0.05, 0.1) is 0 Å². The van der Waals surface area contributed by atoms with Gasteiger partial charge in [-0.15, -0.1) is 11.3 Å². The smallest absolute Gasteiger partial charge is 0.270 e. The molecule has 1 aromatic carbocycles. The summed E-state index contributed by atoms with van der Waals surface area (Å²) in [5.74, 6) is -0.496. The van der Waals surface area contributed by atoms with Crippen molar-refractivity contribution >= 4 is 17.2 Å². The zero-order chi connectivity index (χ0) is 18.5. The molecule has 1 aromatic heterocycles. The van der Waals surface area contributed by atoms with Gasteiger partial charge in [0.25, 0.3) is 5.91 Å². The van der Waals surface area contributed by atoms with Gasteiger partial charge in [-0.1, -0.05) is 23.8 Å². The van der Waals surface area contributed by atoms with Crippen LogP contribution >= 0.6 is 11.3 Å². The predicted octanol–water partition coefficient (Wildman–Crippen LogP) is 4.11. The number of nitrogens with zero attached hydrogens (tertiary/aromatic N) is 2. The molecule has 0 saturated carbocycles. The zero-order valence-electron chi connectivity index (χ0n) is 15.2. The molecule has 1 saturated heterocycles. The Morgan fingerprint density at radius 3 is 2.77 bits per heavy atom. The van der Waals surface area contributed by atoms with Crippen LogP contribution in [-0.2, 0) is 0 Å². The van der Waals surface area contributed by atoms with Crippen LogP contribution in [-0.4, -0.2) is 41.5 Å². The van der Waals surface area contributed by atoms with Gasteiger partial charge in [0.15, 0.2) is 0 Å². The van der Waals surface area contributed by atoms with Crippen molar-refractivity contribution in [3.8, 4) is 10.6 Å². The van der Waals surface area contributed by atoms with Gasteiger partial charge in [-0.05, 0) is 38.8 Å². The first-order valence-electron chi connectivity index (χ1n) is 8.90. The molecule has 0 atom stereocenters. The van der Waals surface area contributed by atoms with Crippen LogP contribution in [0.25, 0.3) is 10.6 Å². The zero-order valence-corrected chi connectivity index (χ0v) is 16.0. The quantitative estimate of drug-likeness (QED) is 0.802. The molecule has 1 amide bonds. The van der Waals surface area contributed by atoms with Crippen molar-refractivity contribution in [1.82, 2.24) is 15.2 Å². The van der Waals surface area contributed by atoms with Gasteiger partial charge in [0, 0.05) is 36.6 Å². The van der Waals surface area contributed by atoms with Crippen LogP contribution in [0.15, 0.2) is 41.3 Å². The molecule has 1 aliphatic rings. The fraction of sp³-hybridized carbons (Fsp3) is 0.400. The minimum absolute atomic E-state index is 0.170. The van der Waals surface area contributed by atoms with E-state index in [2.05, 4.69) is 35.1 Å². The van der Waals surface area contributed by atoms with Crippen molar-refractivity contribution in [2.75, 3.05) is 19.6 Å². The van der Waals surface area contributed by atoms with Crippen LogP contribution in [0, 0.1) is 5.82 Å². The van der Waals surface area contributed by atoms with Crippen molar-refractivity contribution in [1.29, 1.82) is 0 Å². The number of benzene rings is 1. The first-order valence-corrected chi connectivity index (χ1v) is 9.78. The van der Waals surface area contributed by atoms with Crippen LogP contribution in [0.4, 0.5) is 4.39 Å². The molecule has 1 fully saturated rings. The molecule has 1 aliphatic heterocycles. The number of thiazole rings is 1. The number of piperidine rings is 1. The summed E-state index contributed by atoms with van der Waals surface area (Å²) in [7, 11) is 0. The summed E-state index contributed by atoms with van der Waals surface area (Å²) in [6.07, 6.45) is 4.11. The van der Waals surface area contributed by atoms with E-state index in [1.54, 1.807) is 23.6 Å². The van der Waals surface area contributed by atoms with Gasteiger partial charge < -0.3 is 5.32 Å². The molecule has 4 nitrogen and oxygen atoms in total. The van der Waals surface area contributed by atoms with E-state index >= 15 is 0 Å². The SMILES string of the molecule is CC(C)=CCN1CCC(NC(=O)c2csc(-c3ccccc3F)n2)CC1. The number of amides is 1. The lowest BCUT2D eigenvalue weighted by molar-refractivity contribution is 0.0910. The molecular weight excluding hydrogens is 349 g/mol. The standard InChI is InChI=1S/C20H24FN3OS/c1-14(2)7-10-24-11-8-15(9-12-24)22-19(25)18-13-26-20(23-18)16-5-3-4-6-17(16)21/h3-7,13,15H,8-12H2,1-2H3,(H,22,25). The summed E-state index contributed by atoms with van der Waals surface area (Å²) in [4.78, 5) is 19.2. The molecule has 0 aliphatic carbocycles. The van der Waals surface area contributed by atoms with Gasteiger partial charge in [-0.2, -0.15) is 0 Å². The van der Waals surface area contributed by atoms with Gasteiger partial charge in [0.1, 0.15) is 16.5 Å². The fourth-order valence-corrected chi connectivity index (χ4v) is 3.79. The summed E-state index contributed by atoms with van der Waals surface area (Å²) in [6.45, 7) is 7.15. The maximum absolute atomic E-state index is 13.9. The number of hydrogen-bond acceptors (Lipinski definition) is 4. The van der Waals surface area contributed by atoms with E-state index < -0.39 is 0 Å². The van der Waals surface area contributed by atoms with Gasteiger partial charge in [-0.3, -0.25) is 9.69 Å².